The van der Waals surface area contributed by atoms with Crippen LogP contribution >= 0.6 is 0 Å². The maximum absolute atomic E-state index is 11.9. The maximum Gasteiger partial charge on any atom is 0.134 e. The van der Waals surface area contributed by atoms with Crippen molar-refractivity contribution >= 4 is 5.78 Å². The topological polar surface area (TPSA) is 29.1 Å². The molecule has 1 heterocycles. The summed E-state index contributed by atoms with van der Waals surface area (Å²) >= 11 is 0. The predicted octanol–water partition coefficient (Wildman–Crippen LogP) is 3.45. The van der Waals surface area contributed by atoms with Crippen molar-refractivity contribution < 1.29 is 4.79 Å². The van der Waals surface area contributed by atoms with Crippen molar-refractivity contribution in [3.63, 3.8) is 0 Å². The van der Waals surface area contributed by atoms with Crippen LogP contribution in [0.3, 0.4) is 0 Å². The number of rotatable bonds is 4. The van der Waals surface area contributed by atoms with Gasteiger partial charge in [-0.15, -0.1) is 0 Å². The molecule has 1 saturated heterocycles. The summed E-state index contributed by atoms with van der Waals surface area (Å²) < 4.78 is 0. The van der Waals surface area contributed by atoms with Crippen LogP contribution < -0.4 is 5.32 Å². The van der Waals surface area contributed by atoms with E-state index in [1.54, 1.807) is 0 Å². The van der Waals surface area contributed by atoms with Gasteiger partial charge in [0.15, 0.2) is 0 Å². The normalized spacial score (nSPS) is 24.1. The van der Waals surface area contributed by atoms with Gasteiger partial charge in [0.05, 0.1) is 0 Å². The van der Waals surface area contributed by atoms with E-state index in [-0.39, 0.29) is 11.1 Å². The molecule has 1 aliphatic heterocycles. The molecule has 0 aromatic rings. The maximum atomic E-state index is 11.9. The van der Waals surface area contributed by atoms with E-state index in [0.717, 1.165) is 44.9 Å². The van der Waals surface area contributed by atoms with Crippen LogP contribution in [0.15, 0.2) is 0 Å². The lowest BCUT2D eigenvalue weighted by Gasteiger charge is -2.42. The standard InChI is InChI=1S/C14H27NO/c1-5-13(6-2)10-9-12(16)11-14(7-3,8-4)15-13/h15H,5-11H2,1-4H3. The lowest BCUT2D eigenvalue weighted by molar-refractivity contribution is -0.120. The molecule has 0 aliphatic carbocycles. The summed E-state index contributed by atoms with van der Waals surface area (Å²) in [7, 11) is 0. The van der Waals surface area contributed by atoms with E-state index < -0.39 is 0 Å². The molecule has 0 aromatic heterocycles. The Balaban J connectivity index is 2.97. The molecule has 1 fully saturated rings. The van der Waals surface area contributed by atoms with Crippen molar-refractivity contribution in [1.29, 1.82) is 0 Å². The van der Waals surface area contributed by atoms with E-state index in [2.05, 4.69) is 33.0 Å². The fourth-order valence-corrected chi connectivity index (χ4v) is 2.97. The zero-order chi connectivity index (χ0) is 12.2. The minimum atomic E-state index is 0.0552. The summed E-state index contributed by atoms with van der Waals surface area (Å²) in [6.45, 7) is 8.88. The first-order chi connectivity index (χ1) is 7.55. The summed E-state index contributed by atoms with van der Waals surface area (Å²) in [5.74, 6) is 0.444. The summed E-state index contributed by atoms with van der Waals surface area (Å²) in [5, 5.41) is 3.85. The molecule has 2 heteroatoms. The molecule has 0 saturated carbocycles. The Morgan fingerprint density at radius 3 is 1.94 bits per heavy atom. The van der Waals surface area contributed by atoms with Crippen LogP contribution in [0, 0.1) is 0 Å². The number of carbonyl (C=O) groups is 1. The van der Waals surface area contributed by atoms with E-state index in [1.165, 1.54) is 0 Å². The molecule has 16 heavy (non-hydrogen) atoms. The van der Waals surface area contributed by atoms with Gasteiger partial charge in [0.2, 0.25) is 0 Å². The van der Waals surface area contributed by atoms with Gasteiger partial charge in [-0.1, -0.05) is 27.7 Å². The first-order valence-corrected chi connectivity index (χ1v) is 6.86. The molecule has 0 spiro atoms. The highest BCUT2D eigenvalue weighted by atomic mass is 16.1. The van der Waals surface area contributed by atoms with Crippen LogP contribution in [0.25, 0.3) is 0 Å². The SMILES string of the molecule is CCC1(CC)CCC(=O)CC(CC)(CC)N1. The molecule has 2 nitrogen and oxygen atoms in total. The minimum absolute atomic E-state index is 0.0552. The Morgan fingerprint density at radius 1 is 1.00 bits per heavy atom. The minimum Gasteiger partial charge on any atom is -0.305 e. The van der Waals surface area contributed by atoms with E-state index in [0.29, 0.717) is 5.78 Å². The third-order valence-electron chi connectivity index (χ3n) is 4.66. The van der Waals surface area contributed by atoms with Gasteiger partial charge in [0, 0.05) is 23.9 Å². The highest BCUT2D eigenvalue weighted by molar-refractivity contribution is 5.80. The Hall–Kier alpha value is -0.370. The van der Waals surface area contributed by atoms with Gasteiger partial charge in [0.25, 0.3) is 0 Å². The molecule has 94 valence electrons. The molecule has 0 unspecified atom stereocenters. The summed E-state index contributed by atoms with van der Waals surface area (Å²) in [4.78, 5) is 11.9. The van der Waals surface area contributed by atoms with Crippen LogP contribution in [-0.2, 0) is 4.79 Å². The molecular weight excluding hydrogens is 198 g/mol. The molecule has 0 bridgehead atoms. The number of carbonyl (C=O) groups excluding carboxylic acids is 1. The Labute approximate surface area is 100 Å². The summed E-state index contributed by atoms with van der Waals surface area (Å²) in [5.41, 5.74) is 0.248. The smallest absolute Gasteiger partial charge is 0.134 e. The van der Waals surface area contributed by atoms with Crippen molar-refractivity contribution in [2.45, 2.75) is 83.7 Å². The number of hydrogen-bond acceptors (Lipinski definition) is 2. The zero-order valence-electron chi connectivity index (χ0n) is 11.4. The van der Waals surface area contributed by atoms with Gasteiger partial charge in [0.1, 0.15) is 5.78 Å². The lowest BCUT2D eigenvalue weighted by atomic mass is 9.83. The monoisotopic (exact) mass is 225 g/mol. The second-order valence-corrected chi connectivity index (χ2v) is 5.32. The Kier molecular flexibility index (Phi) is 4.54. The molecule has 0 radical (unpaired) electrons. The fraction of sp³-hybridized carbons (Fsp3) is 0.929. The first kappa shape index (κ1) is 13.7. The molecule has 0 aromatic carbocycles. The number of hydrogen-bond donors (Lipinski definition) is 1. The van der Waals surface area contributed by atoms with Gasteiger partial charge in [-0.2, -0.15) is 0 Å². The van der Waals surface area contributed by atoms with E-state index in [1.807, 2.05) is 0 Å². The lowest BCUT2D eigenvalue weighted by Crippen LogP contribution is -2.56. The second kappa shape index (κ2) is 5.31. The highest BCUT2D eigenvalue weighted by Crippen LogP contribution is 2.34. The van der Waals surface area contributed by atoms with E-state index >= 15 is 0 Å². The van der Waals surface area contributed by atoms with Gasteiger partial charge in [-0.25, -0.2) is 0 Å². The number of ketones is 1. The van der Waals surface area contributed by atoms with Crippen LogP contribution in [0.2, 0.25) is 0 Å². The third-order valence-corrected chi connectivity index (χ3v) is 4.66. The largest absolute Gasteiger partial charge is 0.305 e. The predicted molar refractivity (Wildman–Crippen MR) is 68.6 cm³/mol. The molecule has 0 amide bonds. The molecule has 1 aliphatic rings. The van der Waals surface area contributed by atoms with E-state index in [4.69, 9.17) is 0 Å². The fourth-order valence-electron chi connectivity index (χ4n) is 2.97. The Bertz CT molecular complexity index is 239. The van der Waals surface area contributed by atoms with Gasteiger partial charge in [-0.3, -0.25) is 4.79 Å². The second-order valence-electron chi connectivity index (χ2n) is 5.32. The summed E-state index contributed by atoms with van der Waals surface area (Å²) in [6, 6.07) is 0. The average Bonchev–Trinajstić information content (AvgIpc) is 2.47. The number of nitrogens with one attached hydrogen (secondary N) is 1. The van der Waals surface area contributed by atoms with Crippen LogP contribution in [0.5, 0.6) is 0 Å². The van der Waals surface area contributed by atoms with Crippen LogP contribution in [0.4, 0.5) is 0 Å². The van der Waals surface area contributed by atoms with Gasteiger partial charge >= 0.3 is 0 Å². The summed E-state index contributed by atoms with van der Waals surface area (Å²) in [6.07, 6.45) is 6.85. The molecular formula is C14H27NO. The van der Waals surface area contributed by atoms with Crippen molar-refractivity contribution in [2.75, 3.05) is 0 Å². The van der Waals surface area contributed by atoms with Crippen molar-refractivity contribution in [2.24, 2.45) is 0 Å². The van der Waals surface area contributed by atoms with Gasteiger partial charge in [-0.05, 0) is 32.1 Å². The molecule has 1 N–H and O–H groups in total. The third kappa shape index (κ3) is 2.65. The average molecular weight is 225 g/mol. The van der Waals surface area contributed by atoms with Crippen molar-refractivity contribution in [3.8, 4) is 0 Å². The van der Waals surface area contributed by atoms with Crippen molar-refractivity contribution in [3.05, 3.63) is 0 Å². The van der Waals surface area contributed by atoms with Crippen LogP contribution in [-0.4, -0.2) is 16.9 Å². The van der Waals surface area contributed by atoms with Crippen LogP contribution in [0.1, 0.15) is 72.6 Å². The number of Topliss-reactive ketones (excluding diaryl/α,β-unsaturated/α-hetero) is 1. The highest BCUT2D eigenvalue weighted by Gasteiger charge is 2.40. The molecule has 1 rings (SSSR count). The Morgan fingerprint density at radius 2 is 1.50 bits per heavy atom. The van der Waals surface area contributed by atoms with Crippen molar-refractivity contribution in [1.82, 2.24) is 5.32 Å². The molecule has 0 atom stereocenters. The zero-order valence-corrected chi connectivity index (χ0v) is 11.4. The van der Waals surface area contributed by atoms with Gasteiger partial charge < -0.3 is 5.32 Å². The van der Waals surface area contributed by atoms with E-state index in [9.17, 15) is 4.79 Å². The quantitative estimate of drug-likeness (QED) is 0.794. The first-order valence-electron chi connectivity index (χ1n) is 6.86.